The van der Waals surface area contributed by atoms with Crippen LogP contribution in [0.4, 0.5) is 0 Å². The van der Waals surface area contributed by atoms with Crippen LogP contribution in [-0.4, -0.2) is 27.2 Å². The van der Waals surface area contributed by atoms with E-state index in [2.05, 4.69) is 4.98 Å². The zero-order valence-electron chi connectivity index (χ0n) is 9.46. The van der Waals surface area contributed by atoms with Crippen molar-refractivity contribution in [2.24, 2.45) is 18.9 Å². The molecule has 2 rings (SSSR count). The average Bonchev–Trinajstić information content (AvgIpc) is 2.81. The van der Waals surface area contributed by atoms with Crippen molar-refractivity contribution in [3.8, 4) is 0 Å². The number of rotatable bonds is 3. The minimum Gasteiger partial charge on any atom is -0.455 e. The van der Waals surface area contributed by atoms with Crippen molar-refractivity contribution in [1.29, 1.82) is 0 Å². The lowest BCUT2D eigenvalue weighted by Gasteiger charge is -2.17. The lowest BCUT2D eigenvalue weighted by Crippen LogP contribution is -2.21. The summed E-state index contributed by atoms with van der Waals surface area (Å²) in [7, 11) is 1.85. The summed E-state index contributed by atoms with van der Waals surface area (Å²) in [4.78, 5) is 15.6. The van der Waals surface area contributed by atoms with Crippen LogP contribution in [-0.2, 0) is 16.6 Å². The Hall–Kier alpha value is -1.36. The molecule has 1 saturated heterocycles. The summed E-state index contributed by atoms with van der Waals surface area (Å²) in [5, 5.41) is 9.38. The predicted octanol–water partition coefficient (Wildman–Crippen LogP) is 0.653. The standard InChI is InChI=1S/C11H16N2O3/c1-3-7-8(5-14)10(16-11(7)15)9-4-12-6-13(9)2/h4,6-8,10,14H,3,5H2,1-2H3. The van der Waals surface area contributed by atoms with Crippen molar-refractivity contribution in [2.45, 2.75) is 19.4 Å². The van der Waals surface area contributed by atoms with Gasteiger partial charge in [-0.2, -0.15) is 0 Å². The van der Waals surface area contributed by atoms with Crippen LogP contribution < -0.4 is 0 Å². The molecular formula is C11H16N2O3. The number of nitrogens with zero attached hydrogens (tertiary/aromatic N) is 2. The molecule has 0 radical (unpaired) electrons. The zero-order valence-corrected chi connectivity index (χ0v) is 9.46. The van der Waals surface area contributed by atoms with Crippen LogP contribution in [0.3, 0.4) is 0 Å². The monoisotopic (exact) mass is 224 g/mol. The highest BCUT2D eigenvalue weighted by Crippen LogP contribution is 2.40. The van der Waals surface area contributed by atoms with Gasteiger partial charge in [-0.25, -0.2) is 4.98 Å². The molecule has 88 valence electrons. The van der Waals surface area contributed by atoms with Gasteiger partial charge in [-0.05, 0) is 6.42 Å². The molecule has 5 heteroatoms. The number of aryl methyl sites for hydroxylation is 1. The molecule has 3 atom stereocenters. The fourth-order valence-corrected chi connectivity index (χ4v) is 2.30. The van der Waals surface area contributed by atoms with E-state index in [0.29, 0.717) is 6.42 Å². The second-order valence-corrected chi connectivity index (χ2v) is 4.15. The van der Waals surface area contributed by atoms with E-state index in [9.17, 15) is 9.90 Å². The van der Waals surface area contributed by atoms with Gasteiger partial charge in [0.1, 0.15) is 6.10 Å². The van der Waals surface area contributed by atoms with Crippen molar-refractivity contribution >= 4 is 5.97 Å². The number of imidazole rings is 1. The van der Waals surface area contributed by atoms with Crippen molar-refractivity contribution in [1.82, 2.24) is 9.55 Å². The number of carbonyl (C=O) groups excluding carboxylic acids is 1. The van der Waals surface area contributed by atoms with Crippen molar-refractivity contribution in [3.63, 3.8) is 0 Å². The first-order valence-corrected chi connectivity index (χ1v) is 5.46. The third-order valence-corrected chi connectivity index (χ3v) is 3.25. The van der Waals surface area contributed by atoms with Gasteiger partial charge in [0.2, 0.25) is 0 Å². The summed E-state index contributed by atoms with van der Waals surface area (Å²) < 4.78 is 7.15. The molecule has 3 unspecified atom stereocenters. The highest BCUT2D eigenvalue weighted by molar-refractivity contribution is 5.75. The lowest BCUT2D eigenvalue weighted by atomic mass is 9.88. The Morgan fingerprint density at radius 2 is 2.38 bits per heavy atom. The van der Waals surface area contributed by atoms with E-state index < -0.39 is 0 Å². The maximum absolute atomic E-state index is 11.6. The molecule has 0 amide bonds. The Labute approximate surface area is 94.1 Å². The Kier molecular flexibility index (Phi) is 2.96. The molecular weight excluding hydrogens is 208 g/mol. The van der Waals surface area contributed by atoms with E-state index in [-0.39, 0.29) is 30.5 Å². The van der Waals surface area contributed by atoms with Gasteiger partial charge < -0.3 is 14.4 Å². The number of hydrogen-bond donors (Lipinski definition) is 1. The van der Waals surface area contributed by atoms with Crippen LogP contribution in [0.25, 0.3) is 0 Å². The molecule has 1 aromatic heterocycles. The largest absolute Gasteiger partial charge is 0.455 e. The summed E-state index contributed by atoms with van der Waals surface area (Å²) in [5.74, 6) is -0.578. The molecule has 1 N–H and O–H groups in total. The number of carbonyl (C=O) groups is 1. The van der Waals surface area contributed by atoms with Gasteiger partial charge in [0, 0.05) is 13.0 Å². The maximum Gasteiger partial charge on any atom is 0.310 e. The highest BCUT2D eigenvalue weighted by atomic mass is 16.6. The Morgan fingerprint density at radius 1 is 1.62 bits per heavy atom. The maximum atomic E-state index is 11.6. The molecule has 1 aliphatic heterocycles. The molecule has 0 aromatic carbocycles. The number of aliphatic hydroxyl groups is 1. The first-order valence-electron chi connectivity index (χ1n) is 5.46. The molecule has 2 heterocycles. The first kappa shape index (κ1) is 11.1. The van der Waals surface area contributed by atoms with Gasteiger partial charge in [0.25, 0.3) is 0 Å². The average molecular weight is 224 g/mol. The Morgan fingerprint density at radius 3 is 2.88 bits per heavy atom. The molecule has 0 spiro atoms. The molecule has 16 heavy (non-hydrogen) atoms. The minimum atomic E-state index is -0.366. The topological polar surface area (TPSA) is 64.3 Å². The third-order valence-electron chi connectivity index (χ3n) is 3.25. The van der Waals surface area contributed by atoms with Crippen LogP contribution in [0.15, 0.2) is 12.5 Å². The summed E-state index contributed by atoms with van der Waals surface area (Å²) in [5.41, 5.74) is 0.836. The fraction of sp³-hybridized carbons (Fsp3) is 0.636. The summed E-state index contributed by atoms with van der Waals surface area (Å²) in [6, 6.07) is 0. The van der Waals surface area contributed by atoms with E-state index >= 15 is 0 Å². The normalized spacial score (nSPS) is 29.4. The summed E-state index contributed by atoms with van der Waals surface area (Å²) in [6.45, 7) is 1.89. The van der Waals surface area contributed by atoms with Crippen LogP contribution in [0.1, 0.15) is 25.1 Å². The highest BCUT2D eigenvalue weighted by Gasteiger charge is 2.44. The van der Waals surface area contributed by atoms with Crippen molar-refractivity contribution < 1.29 is 14.6 Å². The molecule has 1 aliphatic rings. The number of esters is 1. The smallest absolute Gasteiger partial charge is 0.310 e. The first-order chi connectivity index (χ1) is 7.69. The number of cyclic esters (lactones) is 1. The second kappa shape index (κ2) is 4.25. The van der Waals surface area contributed by atoms with Crippen LogP contribution in [0.2, 0.25) is 0 Å². The van der Waals surface area contributed by atoms with Gasteiger partial charge >= 0.3 is 5.97 Å². The molecule has 1 aromatic rings. The van der Waals surface area contributed by atoms with E-state index in [0.717, 1.165) is 5.69 Å². The lowest BCUT2D eigenvalue weighted by molar-refractivity contribution is -0.144. The van der Waals surface area contributed by atoms with E-state index in [1.165, 1.54) is 0 Å². The SMILES string of the molecule is CCC1C(=O)OC(c2cncn2C)C1CO. The Balaban J connectivity index is 2.29. The fourth-order valence-electron chi connectivity index (χ4n) is 2.30. The van der Waals surface area contributed by atoms with Gasteiger partial charge in [-0.1, -0.05) is 6.92 Å². The Bertz CT molecular complexity index is 388. The van der Waals surface area contributed by atoms with E-state index in [1.54, 1.807) is 12.5 Å². The van der Waals surface area contributed by atoms with Crippen molar-refractivity contribution in [2.75, 3.05) is 6.61 Å². The quantitative estimate of drug-likeness (QED) is 0.766. The van der Waals surface area contributed by atoms with E-state index in [4.69, 9.17) is 4.74 Å². The summed E-state index contributed by atoms with van der Waals surface area (Å²) in [6.07, 6.45) is 3.67. The zero-order chi connectivity index (χ0) is 11.7. The van der Waals surface area contributed by atoms with Gasteiger partial charge in [-0.15, -0.1) is 0 Å². The molecule has 0 bridgehead atoms. The minimum absolute atomic E-state index is 0.0416. The summed E-state index contributed by atoms with van der Waals surface area (Å²) >= 11 is 0. The molecule has 1 fully saturated rings. The number of hydrogen-bond acceptors (Lipinski definition) is 4. The van der Waals surface area contributed by atoms with Gasteiger partial charge in [0.15, 0.2) is 0 Å². The number of ether oxygens (including phenoxy) is 1. The second-order valence-electron chi connectivity index (χ2n) is 4.15. The van der Waals surface area contributed by atoms with E-state index in [1.807, 2.05) is 18.5 Å². The number of aliphatic hydroxyl groups excluding tert-OH is 1. The van der Waals surface area contributed by atoms with Crippen LogP contribution >= 0.6 is 0 Å². The molecule has 0 saturated carbocycles. The molecule has 5 nitrogen and oxygen atoms in total. The predicted molar refractivity (Wildman–Crippen MR) is 56.4 cm³/mol. The molecule has 0 aliphatic carbocycles. The van der Waals surface area contributed by atoms with Gasteiger partial charge in [0.05, 0.1) is 30.7 Å². The third kappa shape index (κ3) is 1.61. The number of aromatic nitrogens is 2. The van der Waals surface area contributed by atoms with Crippen molar-refractivity contribution in [3.05, 3.63) is 18.2 Å². The van der Waals surface area contributed by atoms with Crippen LogP contribution in [0.5, 0.6) is 0 Å². The van der Waals surface area contributed by atoms with Gasteiger partial charge in [-0.3, -0.25) is 4.79 Å². The van der Waals surface area contributed by atoms with Crippen LogP contribution in [0, 0.1) is 11.8 Å².